The van der Waals surface area contributed by atoms with Crippen molar-refractivity contribution in [2.75, 3.05) is 6.61 Å². The number of H-pyrrole nitrogens is 1. The van der Waals surface area contributed by atoms with E-state index in [4.69, 9.17) is 21.1 Å². The number of aromatic amines is 1. The van der Waals surface area contributed by atoms with Gasteiger partial charge in [0.15, 0.2) is 0 Å². The van der Waals surface area contributed by atoms with Gasteiger partial charge in [0.05, 0.1) is 19.4 Å². The number of halogens is 1. The van der Waals surface area contributed by atoms with Gasteiger partial charge in [-0.05, 0) is 51.8 Å². The van der Waals surface area contributed by atoms with Gasteiger partial charge in [-0.15, -0.1) is 0 Å². The highest BCUT2D eigenvalue weighted by Crippen LogP contribution is 2.24. The van der Waals surface area contributed by atoms with Crippen LogP contribution in [0.2, 0.25) is 5.15 Å². The summed E-state index contributed by atoms with van der Waals surface area (Å²) in [5.41, 5.74) is 1.62. The fraction of sp³-hybridized carbons (Fsp3) is 0.500. The molecule has 0 unspecified atom stereocenters. The van der Waals surface area contributed by atoms with E-state index < -0.39 is 5.60 Å². The van der Waals surface area contributed by atoms with Crippen LogP contribution in [0, 0.1) is 0 Å². The Bertz CT molecular complexity index is 777. The minimum Gasteiger partial charge on any atom is -0.466 e. The van der Waals surface area contributed by atoms with Crippen LogP contribution in [0.3, 0.4) is 0 Å². The van der Waals surface area contributed by atoms with Crippen LogP contribution in [0.5, 0.6) is 0 Å². The Morgan fingerprint density at radius 3 is 2.60 bits per heavy atom. The van der Waals surface area contributed by atoms with Gasteiger partial charge in [-0.2, -0.15) is 0 Å². The van der Waals surface area contributed by atoms with Crippen molar-refractivity contribution < 1.29 is 19.1 Å². The van der Waals surface area contributed by atoms with Crippen molar-refractivity contribution in [2.24, 2.45) is 0 Å². The molecular weight excluding hydrogens is 344 g/mol. The third-order valence-electron chi connectivity index (χ3n) is 3.37. The van der Waals surface area contributed by atoms with E-state index in [2.05, 4.69) is 9.97 Å². The van der Waals surface area contributed by atoms with Crippen molar-refractivity contribution in [3.05, 3.63) is 28.5 Å². The van der Waals surface area contributed by atoms with E-state index in [1.165, 1.54) is 0 Å². The number of carbonyl (C=O) groups is 2. The summed E-state index contributed by atoms with van der Waals surface area (Å²) >= 11 is 6.06. The van der Waals surface area contributed by atoms with Crippen molar-refractivity contribution >= 4 is 34.6 Å². The van der Waals surface area contributed by atoms with Crippen molar-refractivity contribution in [2.45, 2.75) is 52.6 Å². The molecular formula is C18H23ClN2O4. The van der Waals surface area contributed by atoms with E-state index in [0.717, 1.165) is 16.6 Å². The zero-order valence-corrected chi connectivity index (χ0v) is 15.7. The quantitative estimate of drug-likeness (QED) is 0.624. The van der Waals surface area contributed by atoms with Gasteiger partial charge >= 0.3 is 11.9 Å². The zero-order valence-electron chi connectivity index (χ0n) is 14.9. The summed E-state index contributed by atoms with van der Waals surface area (Å²) in [6, 6.07) is 3.55. The van der Waals surface area contributed by atoms with Gasteiger partial charge in [0.1, 0.15) is 16.4 Å². The number of rotatable bonds is 6. The highest BCUT2D eigenvalue weighted by atomic mass is 35.5. The van der Waals surface area contributed by atoms with E-state index in [0.29, 0.717) is 23.8 Å². The molecule has 136 valence electrons. The van der Waals surface area contributed by atoms with Crippen LogP contribution in [0.25, 0.3) is 11.0 Å². The molecule has 0 saturated heterocycles. The molecule has 0 amide bonds. The highest BCUT2D eigenvalue weighted by molar-refractivity contribution is 6.29. The smallest absolute Gasteiger partial charge is 0.310 e. The van der Waals surface area contributed by atoms with Gasteiger partial charge in [0.2, 0.25) is 0 Å². The van der Waals surface area contributed by atoms with Gasteiger partial charge in [-0.25, -0.2) is 4.98 Å². The normalized spacial score (nSPS) is 11.6. The second-order valence-electron chi connectivity index (χ2n) is 6.73. The van der Waals surface area contributed by atoms with E-state index in [1.54, 1.807) is 13.0 Å². The molecule has 0 atom stereocenters. The molecule has 0 bridgehead atoms. The average molecular weight is 367 g/mol. The van der Waals surface area contributed by atoms with Gasteiger partial charge < -0.3 is 14.5 Å². The van der Waals surface area contributed by atoms with Gasteiger partial charge in [0, 0.05) is 11.1 Å². The molecule has 0 radical (unpaired) electrons. The van der Waals surface area contributed by atoms with E-state index >= 15 is 0 Å². The molecule has 1 N–H and O–H groups in total. The SMILES string of the molecule is CCOC(=O)CCc1cc2c(CC(=O)OC(C)(C)C)cc(Cl)nc2[nH]1. The third-order valence-corrected chi connectivity index (χ3v) is 3.56. The van der Waals surface area contributed by atoms with Crippen LogP contribution < -0.4 is 0 Å². The van der Waals surface area contributed by atoms with Crippen LogP contribution >= 0.6 is 11.6 Å². The lowest BCUT2D eigenvalue weighted by molar-refractivity contribution is -0.154. The summed E-state index contributed by atoms with van der Waals surface area (Å²) in [7, 11) is 0. The number of nitrogens with zero attached hydrogens (tertiary/aromatic N) is 1. The number of carbonyl (C=O) groups excluding carboxylic acids is 2. The molecule has 25 heavy (non-hydrogen) atoms. The second kappa shape index (κ2) is 7.87. The molecule has 0 aliphatic carbocycles. The minimum atomic E-state index is -0.546. The maximum absolute atomic E-state index is 12.1. The minimum absolute atomic E-state index is 0.102. The molecule has 0 aliphatic rings. The Morgan fingerprint density at radius 2 is 1.96 bits per heavy atom. The Labute approximate surface area is 151 Å². The highest BCUT2D eigenvalue weighted by Gasteiger charge is 2.19. The molecule has 2 rings (SSSR count). The fourth-order valence-electron chi connectivity index (χ4n) is 2.48. The molecule has 7 heteroatoms. The largest absolute Gasteiger partial charge is 0.466 e. The lowest BCUT2D eigenvalue weighted by Gasteiger charge is -2.19. The first-order valence-corrected chi connectivity index (χ1v) is 8.60. The van der Waals surface area contributed by atoms with Crippen molar-refractivity contribution in [1.29, 1.82) is 0 Å². The molecule has 0 spiro atoms. The second-order valence-corrected chi connectivity index (χ2v) is 7.12. The number of aromatic nitrogens is 2. The molecule has 2 aromatic heterocycles. The Kier molecular flexibility index (Phi) is 6.06. The number of esters is 2. The first-order chi connectivity index (χ1) is 11.7. The third kappa shape index (κ3) is 5.74. The fourth-order valence-corrected chi connectivity index (χ4v) is 2.69. The summed E-state index contributed by atoms with van der Waals surface area (Å²) in [6.07, 6.45) is 0.875. The Morgan fingerprint density at radius 1 is 1.24 bits per heavy atom. The molecule has 0 saturated carbocycles. The zero-order chi connectivity index (χ0) is 18.6. The number of aryl methyl sites for hydroxylation is 1. The Balaban J connectivity index is 2.20. The lowest BCUT2D eigenvalue weighted by Crippen LogP contribution is -2.25. The maximum Gasteiger partial charge on any atom is 0.310 e. The number of ether oxygens (including phenoxy) is 2. The van der Waals surface area contributed by atoms with Crippen LogP contribution in [0.4, 0.5) is 0 Å². The summed E-state index contributed by atoms with van der Waals surface area (Å²) < 4.78 is 10.3. The van der Waals surface area contributed by atoms with Crippen LogP contribution in [-0.4, -0.2) is 34.1 Å². The number of fused-ring (bicyclic) bond motifs is 1. The number of pyridine rings is 1. The monoisotopic (exact) mass is 366 g/mol. The summed E-state index contributed by atoms with van der Waals surface area (Å²) in [4.78, 5) is 31.0. The van der Waals surface area contributed by atoms with Crippen molar-refractivity contribution in [3.63, 3.8) is 0 Å². The predicted octanol–water partition coefficient (Wildman–Crippen LogP) is 3.60. The Hall–Kier alpha value is -2.08. The first-order valence-electron chi connectivity index (χ1n) is 8.22. The standard InChI is InChI=1S/C18H23ClN2O4/c1-5-24-15(22)7-6-12-10-13-11(8-14(19)21-17(13)20-12)9-16(23)25-18(2,3)4/h8,10H,5-7,9H2,1-4H3,(H,20,21). The van der Waals surface area contributed by atoms with Gasteiger partial charge in [-0.1, -0.05) is 11.6 Å². The predicted molar refractivity (Wildman–Crippen MR) is 95.6 cm³/mol. The number of hydrogen-bond donors (Lipinski definition) is 1. The summed E-state index contributed by atoms with van der Waals surface area (Å²) in [5, 5.41) is 1.10. The number of nitrogens with one attached hydrogen (secondary N) is 1. The molecule has 6 nitrogen and oxygen atoms in total. The van der Waals surface area contributed by atoms with E-state index in [1.807, 2.05) is 26.8 Å². The maximum atomic E-state index is 12.1. The van der Waals surface area contributed by atoms with Gasteiger partial charge in [0.25, 0.3) is 0 Å². The van der Waals surface area contributed by atoms with Gasteiger partial charge in [-0.3, -0.25) is 9.59 Å². The van der Waals surface area contributed by atoms with Crippen LogP contribution in [0.1, 0.15) is 45.4 Å². The first kappa shape index (κ1) is 19.2. The molecule has 0 aromatic carbocycles. The average Bonchev–Trinajstić information content (AvgIpc) is 2.86. The van der Waals surface area contributed by atoms with Crippen molar-refractivity contribution in [1.82, 2.24) is 9.97 Å². The lowest BCUT2D eigenvalue weighted by atomic mass is 10.1. The summed E-state index contributed by atoms with van der Waals surface area (Å²) in [5.74, 6) is -0.577. The molecule has 2 heterocycles. The molecule has 0 fully saturated rings. The molecule has 2 aromatic rings. The van der Waals surface area contributed by atoms with E-state index in [-0.39, 0.29) is 24.8 Å². The molecule has 0 aliphatic heterocycles. The number of hydrogen-bond acceptors (Lipinski definition) is 5. The van der Waals surface area contributed by atoms with E-state index in [9.17, 15) is 9.59 Å². The van der Waals surface area contributed by atoms with Crippen LogP contribution in [0.15, 0.2) is 12.1 Å². The topological polar surface area (TPSA) is 81.3 Å². The van der Waals surface area contributed by atoms with Crippen molar-refractivity contribution in [3.8, 4) is 0 Å². The van der Waals surface area contributed by atoms with Crippen LogP contribution in [-0.2, 0) is 31.9 Å². The summed E-state index contributed by atoms with van der Waals surface area (Å²) in [6.45, 7) is 7.61.